The van der Waals surface area contributed by atoms with Crippen LogP contribution in [0.1, 0.15) is 41.7 Å². The number of carbonyl (C=O) groups is 1. The average molecular weight is 413 g/mol. The number of piperidine rings is 1. The van der Waals surface area contributed by atoms with Gasteiger partial charge >= 0.3 is 0 Å². The number of aromatic nitrogens is 2. The molecular weight excluding hydrogens is 383 g/mol. The Morgan fingerprint density at radius 3 is 2.70 bits per heavy atom. The summed E-state index contributed by atoms with van der Waals surface area (Å²) < 4.78 is 19.7. The lowest BCUT2D eigenvalue weighted by Gasteiger charge is -2.35. The van der Waals surface area contributed by atoms with Crippen LogP contribution >= 0.6 is 0 Å². The average Bonchev–Trinajstić information content (AvgIpc) is 3.29. The number of nitrogens with zero attached hydrogens (tertiary/aromatic N) is 4. The lowest BCUT2D eigenvalue weighted by Crippen LogP contribution is -2.43. The van der Waals surface area contributed by atoms with Gasteiger partial charge in [0.15, 0.2) is 0 Å². The number of likely N-dealkylation sites (tertiary alicyclic amines) is 1. The minimum atomic E-state index is -0.142. The zero-order chi connectivity index (χ0) is 20.8. The molecule has 4 rings (SSSR count). The fourth-order valence-corrected chi connectivity index (χ4v) is 4.35. The molecule has 0 radical (unpaired) electrons. The largest absolute Gasteiger partial charge is 0.376 e. The van der Waals surface area contributed by atoms with Crippen molar-refractivity contribution in [3.05, 3.63) is 59.9 Å². The van der Waals surface area contributed by atoms with E-state index in [4.69, 9.17) is 4.74 Å². The van der Waals surface area contributed by atoms with Crippen molar-refractivity contribution in [2.24, 2.45) is 5.92 Å². The second-order valence-corrected chi connectivity index (χ2v) is 8.25. The summed E-state index contributed by atoms with van der Waals surface area (Å²) in [5.41, 5.74) is 1.13. The molecule has 2 aromatic rings. The van der Waals surface area contributed by atoms with Gasteiger partial charge < -0.3 is 9.64 Å². The lowest BCUT2D eigenvalue weighted by atomic mass is 9.95. The second kappa shape index (κ2) is 10.1. The highest BCUT2D eigenvalue weighted by Gasteiger charge is 2.28. The zero-order valence-corrected chi connectivity index (χ0v) is 17.3. The van der Waals surface area contributed by atoms with Crippen LogP contribution in [0.4, 0.5) is 4.39 Å². The van der Waals surface area contributed by atoms with Gasteiger partial charge in [-0.3, -0.25) is 14.7 Å². The van der Waals surface area contributed by atoms with Crippen LogP contribution in [0.2, 0.25) is 0 Å². The first-order chi connectivity index (χ1) is 14.7. The molecule has 0 saturated carbocycles. The quantitative estimate of drug-likeness (QED) is 0.699. The molecule has 0 N–H and O–H groups in total. The van der Waals surface area contributed by atoms with E-state index in [0.717, 1.165) is 50.9 Å². The normalized spacial score (nSPS) is 20.4. The van der Waals surface area contributed by atoms with E-state index in [-0.39, 0.29) is 17.8 Å². The Morgan fingerprint density at radius 2 is 2.00 bits per heavy atom. The lowest BCUT2D eigenvalue weighted by molar-refractivity contribution is 0.0440. The first-order valence-electron chi connectivity index (χ1n) is 10.8. The third-order valence-corrected chi connectivity index (χ3v) is 6.06. The number of benzene rings is 1. The van der Waals surface area contributed by atoms with E-state index in [1.165, 1.54) is 12.3 Å². The molecule has 1 aromatic heterocycles. The molecule has 0 bridgehead atoms. The zero-order valence-electron chi connectivity index (χ0n) is 17.3. The van der Waals surface area contributed by atoms with E-state index in [9.17, 15) is 9.18 Å². The molecule has 0 aliphatic carbocycles. The predicted molar refractivity (Wildman–Crippen MR) is 111 cm³/mol. The standard InChI is InChI=1S/C23H29FN4O2/c24-21-6-2-1-4-19(21)16-27-11-7-18(8-12-27)15-28(17-20-5-3-13-30-20)23(29)22-14-25-9-10-26-22/h1-2,4,6,9-10,14,18,20H,3,5,7-8,11-13,15-17H2/t20-/m0/s1. The van der Waals surface area contributed by atoms with Crippen LogP contribution in [-0.2, 0) is 11.3 Å². The molecule has 3 heterocycles. The highest BCUT2D eigenvalue weighted by atomic mass is 19.1. The summed E-state index contributed by atoms with van der Waals surface area (Å²) in [5.74, 6) is 0.202. The number of hydrogen-bond donors (Lipinski definition) is 0. The molecule has 160 valence electrons. The minimum Gasteiger partial charge on any atom is -0.376 e. The number of rotatable bonds is 7. The van der Waals surface area contributed by atoms with Gasteiger partial charge in [-0.2, -0.15) is 0 Å². The van der Waals surface area contributed by atoms with Gasteiger partial charge in [-0.25, -0.2) is 9.37 Å². The topological polar surface area (TPSA) is 58.6 Å². The molecular formula is C23H29FN4O2. The molecule has 6 nitrogen and oxygen atoms in total. The Labute approximate surface area is 177 Å². The third-order valence-electron chi connectivity index (χ3n) is 6.06. The van der Waals surface area contributed by atoms with Crippen molar-refractivity contribution in [3.8, 4) is 0 Å². The number of ether oxygens (including phenoxy) is 1. The second-order valence-electron chi connectivity index (χ2n) is 8.25. The van der Waals surface area contributed by atoms with Crippen LogP contribution in [0.3, 0.4) is 0 Å². The van der Waals surface area contributed by atoms with Crippen molar-refractivity contribution >= 4 is 5.91 Å². The summed E-state index contributed by atoms with van der Waals surface area (Å²) in [6, 6.07) is 6.97. The molecule has 2 aliphatic heterocycles. The fraction of sp³-hybridized carbons (Fsp3) is 0.522. The Morgan fingerprint density at radius 1 is 1.17 bits per heavy atom. The van der Waals surface area contributed by atoms with E-state index >= 15 is 0 Å². The van der Waals surface area contributed by atoms with Crippen LogP contribution in [-0.4, -0.2) is 64.6 Å². The number of carbonyl (C=O) groups excluding carboxylic acids is 1. The van der Waals surface area contributed by atoms with E-state index < -0.39 is 0 Å². The molecule has 1 amide bonds. The summed E-state index contributed by atoms with van der Waals surface area (Å²) in [4.78, 5) is 25.5. The molecule has 2 fully saturated rings. The Hall–Kier alpha value is -2.38. The van der Waals surface area contributed by atoms with Crippen molar-refractivity contribution in [1.82, 2.24) is 19.8 Å². The van der Waals surface area contributed by atoms with Crippen molar-refractivity contribution < 1.29 is 13.9 Å². The number of halogens is 1. The molecule has 0 unspecified atom stereocenters. The Kier molecular flexibility index (Phi) is 7.02. The predicted octanol–water partition coefficient (Wildman–Crippen LogP) is 3.15. The number of hydrogen-bond acceptors (Lipinski definition) is 5. The Balaban J connectivity index is 1.35. The molecule has 7 heteroatoms. The van der Waals surface area contributed by atoms with E-state index in [1.807, 2.05) is 17.0 Å². The molecule has 1 atom stereocenters. The SMILES string of the molecule is O=C(c1cnccn1)N(CC1CCN(Cc2ccccc2F)CC1)C[C@@H]1CCCO1. The molecule has 2 saturated heterocycles. The van der Waals surface area contributed by atoms with Gasteiger partial charge in [0.05, 0.1) is 12.3 Å². The smallest absolute Gasteiger partial charge is 0.274 e. The van der Waals surface area contributed by atoms with E-state index in [1.54, 1.807) is 18.5 Å². The van der Waals surface area contributed by atoms with Gasteiger partial charge in [-0.15, -0.1) is 0 Å². The van der Waals surface area contributed by atoms with Gasteiger partial charge in [0, 0.05) is 44.2 Å². The van der Waals surface area contributed by atoms with Crippen molar-refractivity contribution in [3.63, 3.8) is 0 Å². The van der Waals surface area contributed by atoms with Crippen molar-refractivity contribution in [1.29, 1.82) is 0 Å². The first kappa shape index (κ1) is 20.9. The number of amides is 1. The van der Waals surface area contributed by atoms with Gasteiger partial charge in [0.1, 0.15) is 11.5 Å². The molecule has 2 aliphatic rings. The van der Waals surface area contributed by atoms with Crippen LogP contribution in [0.5, 0.6) is 0 Å². The van der Waals surface area contributed by atoms with E-state index in [2.05, 4.69) is 14.9 Å². The van der Waals surface area contributed by atoms with Crippen molar-refractivity contribution in [2.45, 2.75) is 38.3 Å². The maximum atomic E-state index is 13.9. The van der Waals surface area contributed by atoms with Crippen molar-refractivity contribution in [2.75, 3.05) is 32.8 Å². The maximum absolute atomic E-state index is 13.9. The summed E-state index contributed by atoms with van der Waals surface area (Å²) in [6.07, 6.45) is 8.78. The Bertz CT molecular complexity index is 821. The molecule has 1 aromatic carbocycles. The highest BCUT2D eigenvalue weighted by molar-refractivity contribution is 5.92. The highest BCUT2D eigenvalue weighted by Crippen LogP contribution is 2.23. The van der Waals surface area contributed by atoms with Gasteiger partial charge in [0.25, 0.3) is 5.91 Å². The fourth-order valence-electron chi connectivity index (χ4n) is 4.35. The minimum absolute atomic E-state index is 0.0765. The summed E-state index contributed by atoms with van der Waals surface area (Å²) >= 11 is 0. The summed E-state index contributed by atoms with van der Waals surface area (Å²) in [6.45, 7) is 4.52. The first-order valence-corrected chi connectivity index (χ1v) is 10.8. The van der Waals surface area contributed by atoms with Gasteiger partial charge in [-0.05, 0) is 50.8 Å². The third kappa shape index (κ3) is 5.40. The van der Waals surface area contributed by atoms with Crippen LogP contribution in [0.25, 0.3) is 0 Å². The monoisotopic (exact) mass is 412 g/mol. The summed E-state index contributed by atoms with van der Waals surface area (Å²) in [7, 11) is 0. The van der Waals surface area contributed by atoms with Gasteiger partial charge in [-0.1, -0.05) is 18.2 Å². The van der Waals surface area contributed by atoms with E-state index in [0.29, 0.717) is 31.2 Å². The van der Waals surface area contributed by atoms with Crippen LogP contribution < -0.4 is 0 Å². The van der Waals surface area contributed by atoms with Crippen LogP contribution in [0.15, 0.2) is 42.9 Å². The van der Waals surface area contributed by atoms with Crippen LogP contribution in [0, 0.1) is 11.7 Å². The molecule has 30 heavy (non-hydrogen) atoms. The summed E-state index contributed by atoms with van der Waals surface area (Å²) in [5, 5.41) is 0. The maximum Gasteiger partial charge on any atom is 0.274 e. The van der Waals surface area contributed by atoms with Gasteiger partial charge in [0.2, 0.25) is 0 Å². The molecule has 0 spiro atoms.